The minimum Gasteiger partial charge on any atom is -0.337 e. The Morgan fingerprint density at radius 2 is 1.47 bits per heavy atom. The molecule has 0 unspecified atom stereocenters. The minimum absolute atomic E-state index is 0.0365. The Hall–Kier alpha value is -3.04. The molecule has 0 fully saturated rings. The Morgan fingerprint density at radius 3 is 2.00 bits per heavy atom. The molecule has 0 aliphatic rings. The number of fused-ring (bicyclic) bond motifs is 1. The van der Waals surface area contributed by atoms with Gasteiger partial charge in [0, 0.05) is 35.6 Å². The number of rotatable bonds is 6. The fourth-order valence-corrected chi connectivity index (χ4v) is 4.23. The van der Waals surface area contributed by atoms with Gasteiger partial charge in [0.05, 0.1) is 0 Å². The van der Waals surface area contributed by atoms with Crippen molar-refractivity contribution in [2.45, 2.75) is 33.5 Å². The minimum atomic E-state index is 0.0365. The molecule has 3 aromatic carbocycles. The van der Waals surface area contributed by atoms with Crippen molar-refractivity contribution in [3.8, 4) is 0 Å². The fourth-order valence-electron chi connectivity index (χ4n) is 4.06. The highest BCUT2D eigenvalue weighted by Gasteiger charge is 2.25. The maximum Gasteiger partial charge on any atom is 0.271 e. The van der Waals surface area contributed by atoms with E-state index in [0.717, 1.165) is 39.8 Å². The van der Waals surface area contributed by atoms with Crippen LogP contribution in [0.5, 0.6) is 0 Å². The van der Waals surface area contributed by atoms with E-state index in [1.165, 1.54) is 0 Å². The third-order valence-corrected chi connectivity index (χ3v) is 5.75. The summed E-state index contributed by atoms with van der Waals surface area (Å²) in [6, 6.07) is 26.1. The molecule has 3 nitrogen and oxygen atoms in total. The van der Waals surface area contributed by atoms with Crippen LogP contribution in [-0.4, -0.2) is 15.4 Å². The maximum atomic E-state index is 13.9. The summed E-state index contributed by atoms with van der Waals surface area (Å²) in [5.41, 5.74) is 4.98. The van der Waals surface area contributed by atoms with Crippen LogP contribution in [0.15, 0.2) is 78.9 Å². The molecule has 4 rings (SSSR count). The van der Waals surface area contributed by atoms with Crippen molar-refractivity contribution in [1.29, 1.82) is 0 Å². The number of hydrogen-bond donors (Lipinski definition) is 0. The molecule has 1 amide bonds. The second-order valence-corrected chi connectivity index (χ2v) is 7.95. The van der Waals surface area contributed by atoms with Gasteiger partial charge in [-0.1, -0.05) is 72.3 Å². The first-order valence-corrected chi connectivity index (χ1v) is 10.6. The van der Waals surface area contributed by atoms with Crippen molar-refractivity contribution in [1.82, 2.24) is 9.47 Å². The number of amides is 1. The summed E-state index contributed by atoms with van der Waals surface area (Å²) in [5, 5.41) is 1.72. The molecule has 4 aromatic rings. The highest BCUT2D eigenvalue weighted by molar-refractivity contribution is 6.31. The lowest BCUT2D eigenvalue weighted by Gasteiger charge is -2.24. The zero-order chi connectivity index (χ0) is 21.1. The SMILES string of the molecule is CCn1c(C(=O)N(Cc2ccccc2)Cc2ccccc2)c(C)c2cc(Cl)ccc21. The second-order valence-electron chi connectivity index (χ2n) is 7.51. The monoisotopic (exact) mass is 416 g/mol. The zero-order valence-electron chi connectivity index (χ0n) is 17.3. The molecule has 30 heavy (non-hydrogen) atoms. The predicted molar refractivity (Wildman–Crippen MR) is 124 cm³/mol. The van der Waals surface area contributed by atoms with Gasteiger partial charge in [0.1, 0.15) is 5.69 Å². The summed E-state index contributed by atoms with van der Waals surface area (Å²) in [7, 11) is 0. The molecule has 0 N–H and O–H groups in total. The van der Waals surface area contributed by atoms with E-state index >= 15 is 0 Å². The Labute approximate surface area is 182 Å². The first-order chi connectivity index (χ1) is 14.6. The molecule has 0 saturated heterocycles. The molecule has 0 aliphatic heterocycles. The van der Waals surface area contributed by atoms with Gasteiger partial charge in [0.15, 0.2) is 0 Å². The molecule has 1 aromatic heterocycles. The van der Waals surface area contributed by atoms with Crippen molar-refractivity contribution in [3.05, 3.63) is 106 Å². The molecule has 0 saturated carbocycles. The Morgan fingerprint density at radius 1 is 0.900 bits per heavy atom. The third kappa shape index (κ3) is 3.99. The van der Waals surface area contributed by atoms with E-state index in [9.17, 15) is 4.79 Å². The number of nitrogens with zero attached hydrogens (tertiary/aromatic N) is 2. The van der Waals surface area contributed by atoms with Gasteiger partial charge in [-0.15, -0.1) is 0 Å². The van der Waals surface area contributed by atoms with Crippen LogP contribution >= 0.6 is 11.6 Å². The summed E-state index contributed by atoms with van der Waals surface area (Å²) in [5.74, 6) is 0.0365. The first-order valence-electron chi connectivity index (χ1n) is 10.2. The molecule has 0 radical (unpaired) electrons. The van der Waals surface area contributed by atoms with E-state index in [4.69, 9.17) is 11.6 Å². The molecule has 0 bridgehead atoms. The van der Waals surface area contributed by atoms with Crippen molar-refractivity contribution >= 4 is 28.4 Å². The predicted octanol–water partition coefficient (Wildman–Crippen LogP) is 6.47. The molecule has 0 aliphatic carbocycles. The number of hydrogen-bond acceptors (Lipinski definition) is 1. The lowest BCUT2D eigenvalue weighted by atomic mass is 10.1. The van der Waals surface area contributed by atoms with Gasteiger partial charge in [-0.3, -0.25) is 4.79 Å². The standard InChI is InChI=1S/C26H25ClN2O/c1-3-29-24-15-14-22(27)16-23(24)19(2)25(29)26(30)28(17-20-10-6-4-7-11-20)18-21-12-8-5-9-13-21/h4-16H,3,17-18H2,1-2H3. The highest BCUT2D eigenvalue weighted by atomic mass is 35.5. The third-order valence-electron chi connectivity index (χ3n) is 5.52. The number of benzene rings is 3. The van der Waals surface area contributed by atoms with Crippen molar-refractivity contribution in [3.63, 3.8) is 0 Å². The summed E-state index contributed by atoms with van der Waals surface area (Å²) in [6.45, 7) is 5.92. The normalized spacial score (nSPS) is 11.0. The first kappa shape index (κ1) is 20.2. The number of carbonyl (C=O) groups excluding carboxylic acids is 1. The molecule has 0 spiro atoms. The molecule has 4 heteroatoms. The van der Waals surface area contributed by atoms with Crippen LogP contribution in [0.25, 0.3) is 10.9 Å². The molecule has 0 atom stereocenters. The molecule has 1 heterocycles. The van der Waals surface area contributed by atoms with Gasteiger partial charge in [0.25, 0.3) is 5.91 Å². The van der Waals surface area contributed by atoms with Gasteiger partial charge < -0.3 is 9.47 Å². The number of aryl methyl sites for hydroxylation is 2. The fraction of sp³-hybridized carbons (Fsp3) is 0.192. The highest BCUT2D eigenvalue weighted by Crippen LogP contribution is 2.30. The van der Waals surface area contributed by atoms with Gasteiger partial charge in [0.2, 0.25) is 0 Å². The van der Waals surface area contributed by atoms with E-state index in [2.05, 4.69) is 35.8 Å². The van der Waals surface area contributed by atoms with Crippen LogP contribution in [0.1, 0.15) is 34.1 Å². The Kier molecular flexibility index (Phi) is 5.91. The van der Waals surface area contributed by atoms with Crippen LogP contribution in [0, 0.1) is 6.92 Å². The number of carbonyl (C=O) groups is 1. The zero-order valence-corrected chi connectivity index (χ0v) is 18.1. The van der Waals surface area contributed by atoms with Crippen molar-refractivity contribution < 1.29 is 4.79 Å². The molecular weight excluding hydrogens is 392 g/mol. The topological polar surface area (TPSA) is 25.2 Å². The lowest BCUT2D eigenvalue weighted by molar-refractivity contribution is 0.0719. The van der Waals surface area contributed by atoms with Gasteiger partial charge in [-0.05, 0) is 48.7 Å². The van der Waals surface area contributed by atoms with Crippen LogP contribution in [0.2, 0.25) is 5.02 Å². The summed E-state index contributed by atoms with van der Waals surface area (Å²) in [4.78, 5) is 15.8. The van der Waals surface area contributed by atoms with Crippen LogP contribution < -0.4 is 0 Å². The largest absolute Gasteiger partial charge is 0.337 e. The van der Waals surface area contributed by atoms with Crippen LogP contribution in [0.4, 0.5) is 0 Å². The average Bonchev–Trinajstić information content (AvgIpc) is 3.05. The Balaban J connectivity index is 1.78. The van der Waals surface area contributed by atoms with E-state index in [1.54, 1.807) is 0 Å². The Bertz CT molecular complexity index is 1120. The summed E-state index contributed by atoms with van der Waals surface area (Å²) in [6.07, 6.45) is 0. The molecule has 152 valence electrons. The van der Waals surface area contributed by atoms with Crippen LogP contribution in [0.3, 0.4) is 0 Å². The number of halogens is 1. The van der Waals surface area contributed by atoms with E-state index in [0.29, 0.717) is 18.1 Å². The summed E-state index contributed by atoms with van der Waals surface area (Å²) < 4.78 is 2.10. The maximum absolute atomic E-state index is 13.9. The summed E-state index contributed by atoms with van der Waals surface area (Å²) >= 11 is 6.25. The van der Waals surface area contributed by atoms with Gasteiger partial charge in [-0.2, -0.15) is 0 Å². The number of aromatic nitrogens is 1. The van der Waals surface area contributed by atoms with Gasteiger partial charge >= 0.3 is 0 Å². The smallest absolute Gasteiger partial charge is 0.271 e. The van der Waals surface area contributed by atoms with Crippen molar-refractivity contribution in [2.24, 2.45) is 0 Å². The van der Waals surface area contributed by atoms with Gasteiger partial charge in [-0.25, -0.2) is 0 Å². The van der Waals surface area contributed by atoms with E-state index in [1.807, 2.05) is 66.4 Å². The van der Waals surface area contributed by atoms with Crippen LogP contribution in [-0.2, 0) is 19.6 Å². The van der Waals surface area contributed by atoms with Crippen molar-refractivity contribution in [2.75, 3.05) is 0 Å². The lowest BCUT2D eigenvalue weighted by Crippen LogP contribution is -2.32. The second kappa shape index (κ2) is 8.76. The molecular formula is C26H25ClN2O. The van der Waals surface area contributed by atoms with E-state index in [-0.39, 0.29) is 5.91 Å². The van der Waals surface area contributed by atoms with E-state index < -0.39 is 0 Å². The average molecular weight is 417 g/mol. The quantitative estimate of drug-likeness (QED) is 0.353.